The van der Waals surface area contributed by atoms with Crippen molar-refractivity contribution in [1.29, 1.82) is 0 Å². The summed E-state index contributed by atoms with van der Waals surface area (Å²) in [5.74, 6) is -0.868. The van der Waals surface area contributed by atoms with Crippen LogP contribution in [0, 0.1) is 0 Å². The number of benzene rings is 1. The van der Waals surface area contributed by atoms with Crippen LogP contribution in [-0.4, -0.2) is 28.7 Å². The molecule has 0 saturated carbocycles. The molecule has 7 nitrogen and oxygen atoms in total. The molecule has 0 aliphatic carbocycles. The average Bonchev–Trinajstić information content (AvgIpc) is 2.86. The van der Waals surface area contributed by atoms with E-state index in [4.69, 9.17) is 4.74 Å². The number of rotatable bonds is 4. The van der Waals surface area contributed by atoms with Crippen LogP contribution in [0.3, 0.4) is 0 Å². The van der Waals surface area contributed by atoms with Crippen LogP contribution in [0.5, 0.6) is 0 Å². The quantitative estimate of drug-likeness (QED) is 0.727. The number of nitrogens with one attached hydrogen (secondary N) is 3. The van der Waals surface area contributed by atoms with Crippen LogP contribution in [0.1, 0.15) is 27.8 Å². The van der Waals surface area contributed by atoms with Gasteiger partial charge in [0, 0.05) is 11.8 Å². The Morgan fingerprint density at radius 3 is 2.45 bits per heavy atom. The Balaban J connectivity index is 2.05. The number of hydrogen-bond donors (Lipinski definition) is 3. The molecule has 1 aromatic carbocycles. The number of carbonyl (C=O) groups excluding carboxylic acids is 2. The second-order valence-electron chi connectivity index (χ2n) is 3.92. The number of H-pyrrole nitrogens is 2. The zero-order valence-electron chi connectivity index (χ0n) is 10.7. The van der Waals surface area contributed by atoms with Crippen molar-refractivity contribution >= 4 is 17.6 Å². The minimum Gasteiger partial charge on any atom is -0.462 e. The third kappa shape index (κ3) is 3.14. The molecule has 1 heterocycles. The third-order valence-corrected chi connectivity index (χ3v) is 2.49. The number of aromatic amines is 2. The first-order valence-corrected chi connectivity index (χ1v) is 5.96. The van der Waals surface area contributed by atoms with Gasteiger partial charge in [-0.1, -0.05) is 0 Å². The third-order valence-electron chi connectivity index (χ3n) is 2.49. The molecule has 1 amide bonds. The van der Waals surface area contributed by atoms with E-state index < -0.39 is 11.9 Å². The molecule has 0 bridgehead atoms. The van der Waals surface area contributed by atoms with E-state index in [2.05, 4.69) is 15.5 Å². The van der Waals surface area contributed by atoms with Gasteiger partial charge in [-0.25, -0.2) is 4.79 Å². The van der Waals surface area contributed by atoms with Gasteiger partial charge in [0.25, 0.3) is 11.5 Å². The Hall–Kier alpha value is -2.83. The molecule has 0 radical (unpaired) electrons. The fraction of sp³-hybridized carbons (Fsp3) is 0.154. The topological polar surface area (TPSA) is 104 Å². The van der Waals surface area contributed by atoms with Gasteiger partial charge in [-0.15, -0.1) is 0 Å². The molecule has 0 atom stereocenters. The molecule has 2 rings (SSSR count). The van der Waals surface area contributed by atoms with Crippen LogP contribution in [0.15, 0.2) is 35.1 Å². The summed E-state index contributed by atoms with van der Waals surface area (Å²) in [6, 6.07) is 7.41. The van der Waals surface area contributed by atoms with Gasteiger partial charge < -0.3 is 10.1 Å². The lowest BCUT2D eigenvalue weighted by atomic mass is 10.2. The predicted octanol–water partition coefficient (Wildman–Crippen LogP) is 1.13. The van der Waals surface area contributed by atoms with Gasteiger partial charge in [-0.3, -0.25) is 19.8 Å². The zero-order valence-corrected chi connectivity index (χ0v) is 10.7. The number of amides is 1. The van der Waals surface area contributed by atoms with Crippen molar-refractivity contribution in [2.24, 2.45) is 0 Å². The Kier molecular flexibility index (Phi) is 3.99. The van der Waals surface area contributed by atoms with Crippen LogP contribution in [0.4, 0.5) is 5.69 Å². The van der Waals surface area contributed by atoms with E-state index in [-0.39, 0.29) is 11.3 Å². The number of hydrogen-bond acceptors (Lipinski definition) is 4. The highest BCUT2D eigenvalue weighted by atomic mass is 16.5. The molecule has 0 saturated heterocycles. The van der Waals surface area contributed by atoms with E-state index >= 15 is 0 Å². The van der Waals surface area contributed by atoms with Crippen molar-refractivity contribution in [3.63, 3.8) is 0 Å². The smallest absolute Gasteiger partial charge is 0.338 e. The first-order valence-electron chi connectivity index (χ1n) is 5.96. The summed E-state index contributed by atoms with van der Waals surface area (Å²) in [7, 11) is 0. The Morgan fingerprint density at radius 2 is 1.90 bits per heavy atom. The van der Waals surface area contributed by atoms with Crippen LogP contribution in [-0.2, 0) is 4.74 Å². The van der Waals surface area contributed by atoms with Gasteiger partial charge in [0.15, 0.2) is 0 Å². The predicted molar refractivity (Wildman–Crippen MR) is 71.8 cm³/mol. The largest absolute Gasteiger partial charge is 0.462 e. The van der Waals surface area contributed by atoms with Crippen molar-refractivity contribution in [3.05, 3.63) is 51.9 Å². The van der Waals surface area contributed by atoms with E-state index in [1.165, 1.54) is 0 Å². The van der Waals surface area contributed by atoms with Crippen LogP contribution in [0.2, 0.25) is 0 Å². The van der Waals surface area contributed by atoms with E-state index in [9.17, 15) is 14.4 Å². The lowest BCUT2D eigenvalue weighted by Crippen LogP contribution is -2.12. The molecule has 104 valence electrons. The normalized spacial score (nSPS) is 10.1. The van der Waals surface area contributed by atoms with Crippen molar-refractivity contribution in [2.45, 2.75) is 6.92 Å². The summed E-state index contributed by atoms with van der Waals surface area (Å²) >= 11 is 0. The molecule has 2 aromatic rings. The number of aromatic nitrogens is 2. The first-order chi connectivity index (χ1) is 9.60. The Bertz CT molecular complexity index is 669. The number of anilines is 1. The van der Waals surface area contributed by atoms with Crippen LogP contribution in [0.25, 0.3) is 0 Å². The molecule has 0 aliphatic heterocycles. The van der Waals surface area contributed by atoms with Gasteiger partial charge in [0.1, 0.15) is 5.69 Å². The summed E-state index contributed by atoms with van der Waals surface area (Å²) < 4.78 is 4.85. The fourth-order valence-electron chi connectivity index (χ4n) is 1.56. The Labute approximate surface area is 113 Å². The van der Waals surface area contributed by atoms with Gasteiger partial charge in [0.2, 0.25) is 0 Å². The molecular formula is C13H13N3O4. The van der Waals surface area contributed by atoms with Gasteiger partial charge in [0.05, 0.1) is 12.2 Å². The summed E-state index contributed by atoms with van der Waals surface area (Å²) in [6.07, 6.45) is 0. The monoisotopic (exact) mass is 275 g/mol. The van der Waals surface area contributed by atoms with Crippen LogP contribution >= 0.6 is 0 Å². The summed E-state index contributed by atoms with van der Waals surface area (Å²) in [5.41, 5.74) is 0.655. The second-order valence-corrected chi connectivity index (χ2v) is 3.92. The molecular weight excluding hydrogens is 262 g/mol. The summed E-state index contributed by atoms with van der Waals surface area (Å²) in [4.78, 5) is 34.1. The van der Waals surface area contributed by atoms with Gasteiger partial charge in [-0.2, -0.15) is 0 Å². The van der Waals surface area contributed by atoms with Crippen molar-refractivity contribution in [1.82, 2.24) is 10.2 Å². The highest BCUT2D eigenvalue weighted by molar-refractivity contribution is 6.03. The molecule has 0 fully saturated rings. The van der Waals surface area contributed by atoms with Crippen molar-refractivity contribution < 1.29 is 14.3 Å². The number of carbonyl (C=O) groups is 2. The van der Waals surface area contributed by atoms with Gasteiger partial charge >= 0.3 is 5.97 Å². The Morgan fingerprint density at radius 1 is 1.20 bits per heavy atom. The highest BCUT2D eigenvalue weighted by Crippen LogP contribution is 2.11. The summed E-state index contributed by atoms with van der Waals surface area (Å²) in [6.45, 7) is 2.03. The molecule has 3 N–H and O–H groups in total. The highest BCUT2D eigenvalue weighted by Gasteiger charge is 2.10. The SMILES string of the molecule is CCOC(=O)c1ccc(NC(=O)c2cc(=O)[nH][nH]2)cc1. The summed E-state index contributed by atoms with van der Waals surface area (Å²) in [5, 5.41) is 7.31. The number of esters is 1. The van der Waals surface area contributed by atoms with Crippen LogP contribution < -0.4 is 10.9 Å². The maximum absolute atomic E-state index is 11.8. The molecule has 0 unspecified atom stereocenters. The lowest BCUT2D eigenvalue weighted by Gasteiger charge is -2.05. The lowest BCUT2D eigenvalue weighted by molar-refractivity contribution is 0.0526. The van der Waals surface area contributed by atoms with Crippen molar-refractivity contribution in [2.75, 3.05) is 11.9 Å². The molecule has 0 spiro atoms. The minimum absolute atomic E-state index is 0.129. The molecule has 7 heteroatoms. The standard InChI is InChI=1S/C13H13N3O4/c1-2-20-13(19)8-3-5-9(6-4-8)14-12(18)10-7-11(17)16-15-10/h3-7H,2H2,1H3,(H,14,18)(H2,15,16,17). The first kappa shape index (κ1) is 13.6. The average molecular weight is 275 g/mol. The molecule has 0 aliphatic rings. The van der Waals surface area contributed by atoms with Crippen molar-refractivity contribution in [3.8, 4) is 0 Å². The van der Waals surface area contributed by atoms with E-state index in [0.717, 1.165) is 6.07 Å². The number of ether oxygens (including phenoxy) is 1. The van der Waals surface area contributed by atoms with Gasteiger partial charge in [-0.05, 0) is 31.2 Å². The molecule has 1 aromatic heterocycles. The fourth-order valence-corrected chi connectivity index (χ4v) is 1.56. The van der Waals surface area contributed by atoms with E-state index in [1.54, 1.807) is 31.2 Å². The minimum atomic E-state index is -0.452. The van der Waals surface area contributed by atoms with E-state index in [0.29, 0.717) is 17.9 Å². The maximum Gasteiger partial charge on any atom is 0.338 e. The zero-order chi connectivity index (χ0) is 14.5. The second kappa shape index (κ2) is 5.87. The molecule has 20 heavy (non-hydrogen) atoms. The van der Waals surface area contributed by atoms with E-state index in [1.807, 2.05) is 0 Å². The maximum atomic E-state index is 11.8.